The van der Waals surface area contributed by atoms with Crippen LogP contribution in [0.2, 0.25) is 5.02 Å². The first-order valence-electron chi connectivity index (χ1n) is 5.78. The van der Waals surface area contributed by atoms with Crippen LogP contribution in [0, 0.1) is 0 Å². The number of rotatable bonds is 6. The fourth-order valence-corrected chi connectivity index (χ4v) is 3.35. The zero-order chi connectivity index (χ0) is 12.8. The molecule has 0 fully saturated rings. The van der Waals surface area contributed by atoms with Crippen LogP contribution >= 0.6 is 39.3 Å². The highest BCUT2D eigenvalue weighted by atomic mass is 79.9. The quantitative estimate of drug-likeness (QED) is 0.793. The summed E-state index contributed by atoms with van der Waals surface area (Å²) in [5, 5.41) is 4.44. The topological polar surface area (TPSA) is 12.0 Å². The smallest absolute Gasteiger partial charge is 0.0464 e. The van der Waals surface area contributed by atoms with Gasteiger partial charge in [-0.15, -0.1) is 0 Å². The van der Waals surface area contributed by atoms with Crippen LogP contribution in [0.1, 0.15) is 31.9 Å². The van der Waals surface area contributed by atoms with Crippen molar-refractivity contribution < 1.29 is 0 Å². The molecule has 4 heteroatoms. The normalized spacial score (nSPS) is 14.6. The fourth-order valence-electron chi connectivity index (χ4n) is 1.78. The summed E-state index contributed by atoms with van der Waals surface area (Å²) in [6.45, 7) is 4.38. The van der Waals surface area contributed by atoms with E-state index >= 15 is 0 Å². The average molecular weight is 337 g/mol. The molecule has 1 nitrogen and oxygen atoms in total. The summed E-state index contributed by atoms with van der Waals surface area (Å²) in [4.78, 5) is 0. The molecule has 0 aliphatic carbocycles. The summed E-state index contributed by atoms with van der Waals surface area (Å²) in [6, 6.07) is 6.89. The second-order valence-corrected chi connectivity index (χ2v) is 6.35. The predicted molar refractivity (Wildman–Crippen MR) is 83.2 cm³/mol. The van der Waals surface area contributed by atoms with Crippen molar-refractivity contribution in [3.8, 4) is 0 Å². The van der Waals surface area contributed by atoms with Crippen molar-refractivity contribution in [2.45, 2.75) is 32.4 Å². The largest absolute Gasteiger partial charge is 0.307 e. The minimum absolute atomic E-state index is 0.285. The van der Waals surface area contributed by atoms with Crippen LogP contribution in [0.15, 0.2) is 22.7 Å². The van der Waals surface area contributed by atoms with E-state index < -0.39 is 0 Å². The molecule has 0 heterocycles. The molecule has 0 aromatic heterocycles. The maximum Gasteiger partial charge on any atom is 0.0464 e. The van der Waals surface area contributed by atoms with E-state index in [2.05, 4.69) is 47.4 Å². The van der Waals surface area contributed by atoms with E-state index in [-0.39, 0.29) is 6.04 Å². The van der Waals surface area contributed by atoms with Crippen molar-refractivity contribution in [3.05, 3.63) is 33.3 Å². The van der Waals surface area contributed by atoms with Crippen molar-refractivity contribution in [3.63, 3.8) is 0 Å². The van der Waals surface area contributed by atoms with Gasteiger partial charge in [-0.25, -0.2) is 0 Å². The molecular weight excluding hydrogens is 318 g/mol. The van der Waals surface area contributed by atoms with Gasteiger partial charge in [0.1, 0.15) is 0 Å². The van der Waals surface area contributed by atoms with Crippen molar-refractivity contribution in [2.24, 2.45) is 0 Å². The average Bonchev–Trinajstić information content (AvgIpc) is 2.28. The molecule has 1 rings (SSSR count). The van der Waals surface area contributed by atoms with E-state index in [0.29, 0.717) is 6.04 Å². The van der Waals surface area contributed by atoms with Gasteiger partial charge in [0.15, 0.2) is 0 Å². The minimum Gasteiger partial charge on any atom is -0.307 e. The summed E-state index contributed by atoms with van der Waals surface area (Å²) >= 11 is 11.6. The molecule has 2 unspecified atom stereocenters. The van der Waals surface area contributed by atoms with Gasteiger partial charge in [-0.2, -0.15) is 11.8 Å². The molecule has 0 bridgehead atoms. The van der Waals surface area contributed by atoms with Crippen LogP contribution < -0.4 is 5.32 Å². The number of thioether (sulfide) groups is 1. The SMILES string of the molecule is CCC(CSC)NC(C)c1ccc(Br)cc1Cl. The van der Waals surface area contributed by atoms with E-state index in [9.17, 15) is 0 Å². The van der Waals surface area contributed by atoms with Crippen LogP contribution in [0.25, 0.3) is 0 Å². The van der Waals surface area contributed by atoms with Crippen LogP contribution in [-0.4, -0.2) is 18.1 Å². The summed E-state index contributed by atoms with van der Waals surface area (Å²) in [5.74, 6) is 1.13. The highest BCUT2D eigenvalue weighted by molar-refractivity contribution is 9.10. The molecule has 0 radical (unpaired) electrons. The van der Waals surface area contributed by atoms with Gasteiger partial charge >= 0.3 is 0 Å². The van der Waals surface area contributed by atoms with Crippen molar-refractivity contribution >= 4 is 39.3 Å². The summed E-state index contributed by atoms with van der Waals surface area (Å²) in [7, 11) is 0. The molecule has 0 aliphatic rings. The second-order valence-electron chi connectivity index (χ2n) is 4.11. The molecule has 17 heavy (non-hydrogen) atoms. The van der Waals surface area contributed by atoms with Crippen LogP contribution in [0.5, 0.6) is 0 Å². The lowest BCUT2D eigenvalue weighted by Gasteiger charge is -2.22. The summed E-state index contributed by atoms with van der Waals surface area (Å²) in [6.07, 6.45) is 3.28. The highest BCUT2D eigenvalue weighted by Gasteiger charge is 2.13. The first-order valence-corrected chi connectivity index (χ1v) is 8.34. The van der Waals surface area contributed by atoms with Crippen LogP contribution in [-0.2, 0) is 0 Å². The third-order valence-electron chi connectivity index (χ3n) is 2.78. The van der Waals surface area contributed by atoms with Gasteiger partial charge in [0.25, 0.3) is 0 Å². The molecule has 2 atom stereocenters. The fraction of sp³-hybridized carbons (Fsp3) is 0.538. The lowest BCUT2D eigenvalue weighted by molar-refractivity contribution is 0.475. The number of nitrogens with one attached hydrogen (secondary N) is 1. The Balaban J connectivity index is 2.71. The molecule has 96 valence electrons. The molecule has 0 amide bonds. The number of hydrogen-bond donors (Lipinski definition) is 1. The van der Waals surface area contributed by atoms with E-state index in [1.807, 2.05) is 23.9 Å². The Labute approximate surface area is 122 Å². The highest BCUT2D eigenvalue weighted by Crippen LogP contribution is 2.26. The van der Waals surface area contributed by atoms with Gasteiger partial charge < -0.3 is 5.32 Å². The van der Waals surface area contributed by atoms with Crippen LogP contribution in [0.4, 0.5) is 0 Å². The maximum atomic E-state index is 6.25. The molecule has 0 saturated carbocycles. The Hall–Kier alpha value is 0.300. The molecule has 0 saturated heterocycles. The van der Waals surface area contributed by atoms with Crippen molar-refractivity contribution in [2.75, 3.05) is 12.0 Å². The Morgan fingerprint density at radius 1 is 1.47 bits per heavy atom. The third kappa shape index (κ3) is 4.82. The molecule has 0 spiro atoms. The van der Waals surface area contributed by atoms with Gasteiger partial charge in [0.2, 0.25) is 0 Å². The monoisotopic (exact) mass is 335 g/mol. The predicted octanol–water partition coefficient (Wildman–Crippen LogP) is 4.89. The lowest BCUT2D eigenvalue weighted by atomic mass is 10.1. The van der Waals surface area contributed by atoms with Gasteiger partial charge in [-0.05, 0) is 37.3 Å². The summed E-state index contributed by atoms with van der Waals surface area (Å²) in [5.41, 5.74) is 1.16. The Morgan fingerprint density at radius 2 is 2.18 bits per heavy atom. The minimum atomic E-state index is 0.285. The van der Waals surface area contributed by atoms with E-state index in [1.165, 1.54) is 0 Å². The second kappa shape index (κ2) is 7.67. The van der Waals surface area contributed by atoms with Crippen molar-refractivity contribution in [1.82, 2.24) is 5.32 Å². The maximum absolute atomic E-state index is 6.25. The molecule has 0 aliphatic heterocycles. The number of hydrogen-bond acceptors (Lipinski definition) is 2. The van der Waals surface area contributed by atoms with Crippen molar-refractivity contribution in [1.29, 1.82) is 0 Å². The Bertz CT molecular complexity index is 359. The van der Waals surface area contributed by atoms with Gasteiger partial charge in [-0.1, -0.05) is 40.5 Å². The number of halogens is 2. The zero-order valence-electron chi connectivity index (χ0n) is 10.5. The molecule has 1 aromatic rings. The van der Waals surface area contributed by atoms with Crippen LogP contribution in [0.3, 0.4) is 0 Å². The van der Waals surface area contributed by atoms with Gasteiger partial charge in [-0.3, -0.25) is 0 Å². The van der Waals surface area contributed by atoms with Gasteiger partial charge in [0, 0.05) is 27.3 Å². The third-order valence-corrected chi connectivity index (χ3v) is 4.33. The zero-order valence-corrected chi connectivity index (χ0v) is 13.6. The molecule has 1 aromatic carbocycles. The number of benzene rings is 1. The lowest BCUT2D eigenvalue weighted by Crippen LogP contribution is -2.33. The standard InChI is InChI=1S/C13H19BrClNS/c1-4-11(8-17-3)16-9(2)12-6-5-10(14)7-13(12)15/h5-7,9,11,16H,4,8H2,1-3H3. The molecular formula is C13H19BrClNS. The summed E-state index contributed by atoms with van der Waals surface area (Å²) < 4.78 is 1.02. The van der Waals surface area contributed by atoms with Gasteiger partial charge in [0.05, 0.1) is 0 Å². The Kier molecular flexibility index (Phi) is 6.93. The molecule has 1 N–H and O–H groups in total. The first-order chi connectivity index (χ1) is 8.08. The van der Waals surface area contributed by atoms with E-state index in [1.54, 1.807) is 0 Å². The van der Waals surface area contributed by atoms with E-state index in [4.69, 9.17) is 11.6 Å². The first kappa shape index (κ1) is 15.4. The van der Waals surface area contributed by atoms with E-state index in [0.717, 1.165) is 27.2 Å². The Morgan fingerprint density at radius 3 is 2.71 bits per heavy atom.